The number of hydrogen-bond acceptors (Lipinski definition) is 5. The molecule has 0 amide bonds. The van der Waals surface area contributed by atoms with Crippen LogP contribution in [0.1, 0.15) is 35.4 Å². The van der Waals surface area contributed by atoms with Crippen molar-refractivity contribution in [3.05, 3.63) is 44.8 Å². The minimum absolute atomic E-state index is 0.110. The van der Waals surface area contributed by atoms with Gasteiger partial charge in [0.2, 0.25) is 5.60 Å². The van der Waals surface area contributed by atoms with E-state index in [1.54, 1.807) is 12.1 Å². The quantitative estimate of drug-likeness (QED) is 0.655. The number of nitrogens with zero attached hydrogens (tertiary/aromatic N) is 1. The van der Waals surface area contributed by atoms with Crippen LogP contribution in [0, 0.1) is 0 Å². The second-order valence-electron chi connectivity index (χ2n) is 7.63. The summed E-state index contributed by atoms with van der Waals surface area (Å²) in [7, 11) is 4.49. The second-order valence-corrected chi connectivity index (χ2v) is 9.52. The van der Waals surface area contributed by atoms with Gasteiger partial charge in [-0.15, -0.1) is 22.7 Å². The summed E-state index contributed by atoms with van der Waals surface area (Å²) in [6.07, 6.45) is 4.26. The van der Waals surface area contributed by atoms with Crippen LogP contribution in [0.5, 0.6) is 0 Å². The highest BCUT2D eigenvalue weighted by Gasteiger charge is 2.55. The third-order valence-corrected chi connectivity index (χ3v) is 8.03. The number of carbonyl (C=O) groups is 1. The zero-order valence-electron chi connectivity index (χ0n) is 14.6. The van der Waals surface area contributed by atoms with Crippen molar-refractivity contribution in [2.24, 2.45) is 0 Å². The summed E-state index contributed by atoms with van der Waals surface area (Å²) < 4.78 is 6.91. The number of aliphatic hydroxyl groups is 1. The fraction of sp³-hybridized carbons (Fsp3) is 0.526. The lowest BCUT2D eigenvalue weighted by molar-refractivity contribution is -0.931. The van der Waals surface area contributed by atoms with E-state index in [4.69, 9.17) is 4.74 Å². The topological polar surface area (TPSA) is 46.5 Å². The molecule has 0 saturated carbocycles. The van der Waals surface area contributed by atoms with E-state index in [1.807, 2.05) is 22.9 Å². The first-order valence-corrected chi connectivity index (χ1v) is 10.5. The van der Waals surface area contributed by atoms with Crippen molar-refractivity contribution in [3.8, 4) is 0 Å². The molecule has 1 N–H and O–H groups in total. The van der Waals surface area contributed by atoms with E-state index >= 15 is 0 Å². The molecule has 6 heteroatoms. The van der Waals surface area contributed by atoms with E-state index in [0.29, 0.717) is 21.8 Å². The Morgan fingerprint density at radius 3 is 2.36 bits per heavy atom. The third kappa shape index (κ3) is 2.67. The van der Waals surface area contributed by atoms with Crippen molar-refractivity contribution < 1.29 is 19.1 Å². The van der Waals surface area contributed by atoms with E-state index in [1.165, 1.54) is 35.5 Å². The van der Waals surface area contributed by atoms with Crippen molar-refractivity contribution in [1.29, 1.82) is 0 Å². The fourth-order valence-electron chi connectivity index (χ4n) is 4.57. The predicted octanol–water partition coefficient (Wildman–Crippen LogP) is 3.36. The first kappa shape index (κ1) is 17.2. The Morgan fingerprint density at radius 2 is 1.84 bits per heavy atom. The van der Waals surface area contributed by atoms with Crippen LogP contribution < -0.4 is 0 Å². The number of quaternary nitrogens is 1. The van der Waals surface area contributed by atoms with Crippen LogP contribution in [0.25, 0.3) is 0 Å². The molecular weight excluding hydrogens is 354 g/mol. The SMILES string of the molecule is C[N+]1(C)C2CCCC1C(OC(=O)C(O)(c1cccs1)c1cccs1)C2. The van der Waals surface area contributed by atoms with Gasteiger partial charge in [-0.05, 0) is 35.7 Å². The van der Waals surface area contributed by atoms with Gasteiger partial charge >= 0.3 is 5.97 Å². The van der Waals surface area contributed by atoms with Crippen molar-refractivity contribution in [2.45, 2.75) is 49.5 Å². The molecule has 134 valence electrons. The molecule has 3 unspecified atom stereocenters. The lowest BCUT2D eigenvalue weighted by Gasteiger charge is -2.41. The molecule has 4 nitrogen and oxygen atoms in total. The minimum Gasteiger partial charge on any atom is -0.453 e. The van der Waals surface area contributed by atoms with E-state index in [-0.39, 0.29) is 6.10 Å². The normalized spacial score (nSPS) is 28.0. The third-order valence-electron chi connectivity index (χ3n) is 6.08. The summed E-state index contributed by atoms with van der Waals surface area (Å²) >= 11 is 2.77. The smallest absolute Gasteiger partial charge is 0.349 e. The van der Waals surface area contributed by atoms with Crippen LogP contribution in [0.15, 0.2) is 35.0 Å². The Kier molecular flexibility index (Phi) is 4.27. The zero-order valence-corrected chi connectivity index (χ0v) is 16.2. The largest absolute Gasteiger partial charge is 0.453 e. The van der Waals surface area contributed by atoms with Crippen molar-refractivity contribution in [3.63, 3.8) is 0 Å². The van der Waals surface area contributed by atoms with E-state index in [0.717, 1.165) is 17.3 Å². The molecule has 0 aliphatic carbocycles. The molecule has 2 bridgehead atoms. The average Bonchev–Trinajstić information content (AvgIpc) is 3.29. The first-order chi connectivity index (χ1) is 11.9. The predicted molar refractivity (Wildman–Crippen MR) is 99.7 cm³/mol. The molecule has 2 aromatic rings. The highest BCUT2D eigenvalue weighted by molar-refractivity contribution is 7.12. The number of piperidine rings is 1. The summed E-state index contributed by atoms with van der Waals surface area (Å²) in [5.74, 6) is -0.532. The first-order valence-electron chi connectivity index (χ1n) is 8.79. The maximum absolute atomic E-state index is 13.2. The summed E-state index contributed by atoms with van der Waals surface area (Å²) in [4.78, 5) is 14.4. The Hall–Kier alpha value is -1.21. The van der Waals surface area contributed by atoms with Gasteiger partial charge in [0.25, 0.3) is 0 Å². The summed E-state index contributed by atoms with van der Waals surface area (Å²) in [5.41, 5.74) is -1.70. The Morgan fingerprint density at radius 1 is 1.20 bits per heavy atom. The fourth-order valence-corrected chi connectivity index (χ4v) is 6.28. The Balaban J connectivity index is 1.63. The minimum atomic E-state index is -1.70. The molecule has 4 rings (SSSR count). The molecular formula is C19H24NO3S2+. The van der Waals surface area contributed by atoms with Crippen LogP contribution in [-0.4, -0.2) is 47.8 Å². The number of fused-ring (bicyclic) bond motifs is 2. The van der Waals surface area contributed by atoms with Gasteiger partial charge in [-0.2, -0.15) is 0 Å². The molecule has 2 aliphatic heterocycles. The summed E-state index contributed by atoms with van der Waals surface area (Å²) in [6, 6.07) is 8.20. The standard InChI is InChI=1S/C19H24NO3S2/c1-20(2)13-6-3-7-14(20)15(12-13)23-18(21)19(22,16-8-4-10-24-16)17-9-5-11-25-17/h4-5,8-11,13-15,22H,3,6-7,12H2,1-2H3/q+1. The number of rotatable bonds is 4. The maximum Gasteiger partial charge on any atom is 0.349 e. The van der Waals surface area contributed by atoms with Crippen LogP contribution in [0.4, 0.5) is 0 Å². The summed E-state index contributed by atoms with van der Waals surface area (Å²) in [6.45, 7) is 0. The molecule has 2 fully saturated rings. The molecule has 0 radical (unpaired) electrons. The monoisotopic (exact) mass is 378 g/mol. The average molecular weight is 379 g/mol. The highest BCUT2D eigenvalue weighted by Crippen LogP contribution is 2.43. The zero-order chi connectivity index (χ0) is 17.7. The molecule has 2 aliphatic rings. The molecule has 0 aromatic carbocycles. The van der Waals surface area contributed by atoms with Crippen LogP contribution in [-0.2, 0) is 15.1 Å². The number of thiophene rings is 2. The van der Waals surface area contributed by atoms with Gasteiger partial charge in [0.15, 0.2) is 6.10 Å². The van der Waals surface area contributed by atoms with E-state index < -0.39 is 11.6 Å². The molecule has 4 heterocycles. The highest BCUT2D eigenvalue weighted by atomic mass is 32.1. The maximum atomic E-state index is 13.2. The Bertz CT molecular complexity index is 705. The molecule has 2 saturated heterocycles. The van der Waals surface area contributed by atoms with Crippen LogP contribution in [0.3, 0.4) is 0 Å². The summed E-state index contributed by atoms with van der Waals surface area (Å²) in [5, 5.41) is 15.1. The number of hydrogen-bond donors (Lipinski definition) is 1. The number of likely N-dealkylation sites (N-methyl/N-ethyl adjacent to an activating group) is 1. The van der Waals surface area contributed by atoms with E-state index in [9.17, 15) is 9.90 Å². The van der Waals surface area contributed by atoms with E-state index in [2.05, 4.69) is 14.1 Å². The lowest BCUT2D eigenvalue weighted by atomic mass is 9.99. The van der Waals surface area contributed by atoms with Crippen LogP contribution >= 0.6 is 22.7 Å². The van der Waals surface area contributed by atoms with Gasteiger partial charge in [-0.25, -0.2) is 4.79 Å². The molecule has 2 aromatic heterocycles. The Labute approximate surface area is 156 Å². The van der Waals surface area contributed by atoms with Crippen molar-refractivity contribution >= 4 is 28.6 Å². The van der Waals surface area contributed by atoms with Gasteiger partial charge in [0.1, 0.15) is 6.04 Å². The number of carbonyl (C=O) groups excluding carboxylic acids is 1. The second kappa shape index (κ2) is 6.20. The molecule has 0 spiro atoms. The van der Waals surface area contributed by atoms with Gasteiger partial charge in [0, 0.05) is 12.8 Å². The van der Waals surface area contributed by atoms with Gasteiger partial charge in [-0.3, -0.25) is 0 Å². The molecule has 3 atom stereocenters. The van der Waals surface area contributed by atoms with Gasteiger partial charge in [0.05, 0.1) is 29.9 Å². The van der Waals surface area contributed by atoms with Gasteiger partial charge < -0.3 is 14.3 Å². The van der Waals surface area contributed by atoms with Crippen molar-refractivity contribution in [1.82, 2.24) is 0 Å². The number of esters is 1. The number of ether oxygens (including phenoxy) is 1. The van der Waals surface area contributed by atoms with Crippen molar-refractivity contribution in [2.75, 3.05) is 14.1 Å². The lowest BCUT2D eigenvalue weighted by Crippen LogP contribution is -2.54. The molecule has 25 heavy (non-hydrogen) atoms. The van der Waals surface area contributed by atoms with Gasteiger partial charge in [-0.1, -0.05) is 12.1 Å². The van der Waals surface area contributed by atoms with Crippen LogP contribution in [0.2, 0.25) is 0 Å².